The first kappa shape index (κ1) is 63.4. The zero-order valence-electron chi connectivity index (χ0n) is 40.2. The zero-order valence-corrected chi connectivity index (χ0v) is 45.7. The number of rotatable bonds is 15. The van der Waals surface area contributed by atoms with Gasteiger partial charge in [-0.3, -0.25) is 28.5 Å². The monoisotopic (exact) mass is 1170 g/mol. The average molecular weight is 1170 g/mol. The van der Waals surface area contributed by atoms with Crippen LogP contribution < -0.4 is 10.6 Å². The molecule has 4 N–H and O–H groups in total. The number of benzene rings is 2. The maximum Gasteiger partial charge on any atom is 0.434 e. The maximum absolute atomic E-state index is 14.3. The number of anilines is 1. The molecule has 2 aromatic heterocycles. The van der Waals surface area contributed by atoms with Gasteiger partial charge in [0.2, 0.25) is 5.91 Å². The number of halogens is 9. The molecule has 1 aliphatic heterocycles. The Morgan fingerprint density at radius 2 is 1.76 bits per heavy atom. The number of ether oxygens (including phenoxy) is 3. The summed E-state index contributed by atoms with van der Waals surface area (Å²) in [5, 5.41) is 11.8. The van der Waals surface area contributed by atoms with E-state index in [2.05, 4.69) is 28.0 Å². The zero-order chi connectivity index (χ0) is 54.3. The van der Waals surface area contributed by atoms with Gasteiger partial charge < -0.3 is 39.3 Å². The molecule has 5 rings (SSSR count). The van der Waals surface area contributed by atoms with Crippen LogP contribution >= 0.6 is 69.7 Å². The number of nitrogens with zero attached hydrogens (tertiary/aromatic N) is 4. The molecule has 0 spiro atoms. The maximum atomic E-state index is 14.3. The van der Waals surface area contributed by atoms with Gasteiger partial charge in [0.15, 0.2) is 17.9 Å². The van der Waals surface area contributed by atoms with E-state index < -0.39 is 64.2 Å². The van der Waals surface area contributed by atoms with Crippen molar-refractivity contribution >= 4 is 99.1 Å². The molecule has 0 aliphatic carbocycles. The van der Waals surface area contributed by atoms with Crippen molar-refractivity contribution in [3.8, 4) is 11.3 Å². The highest BCUT2D eigenvalue weighted by atomic mass is 79.9. The van der Waals surface area contributed by atoms with Crippen LogP contribution in [-0.2, 0) is 52.8 Å². The average Bonchev–Trinajstić information content (AvgIpc) is 3.99. The molecule has 3 heterocycles. The van der Waals surface area contributed by atoms with E-state index in [0.29, 0.717) is 23.6 Å². The Labute approximate surface area is 437 Å². The third-order valence-corrected chi connectivity index (χ3v) is 12.6. The number of para-hydroxylation sites is 1. The Bertz CT molecular complexity index is 2480. The van der Waals surface area contributed by atoms with Crippen LogP contribution in [0, 0.1) is 12.7 Å². The van der Waals surface area contributed by atoms with E-state index in [1.807, 2.05) is 38.1 Å². The summed E-state index contributed by atoms with van der Waals surface area (Å²) in [4.78, 5) is 56.8. The van der Waals surface area contributed by atoms with Gasteiger partial charge in [0.05, 0.1) is 39.7 Å². The van der Waals surface area contributed by atoms with Crippen molar-refractivity contribution in [1.82, 2.24) is 14.7 Å². The summed E-state index contributed by atoms with van der Waals surface area (Å²) in [6.45, 7) is 15.2. The van der Waals surface area contributed by atoms with Gasteiger partial charge in [0.25, 0.3) is 5.91 Å². The molecule has 1 saturated heterocycles. The minimum atomic E-state index is -4.69. The van der Waals surface area contributed by atoms with Crippen molar-refractivity contribution in [3.63, 3.8) is 0 Å². The molecule has 1 fully saturated rings. The Morgan fingerprint density at radius 1 is 1.13 bits per heavy atom. The van der Waals surface area contributed by atoms with Gasteiger partial charge in [0.1, 0.15) is 47.8 Å². The molecule has 16 nitrogen and oxygen atoms in total. The van der Waals surface area contributed by atoms with Crippen molar-refractivity contribution in [2.24, 2.45) is 12.8 Å². The van der Waals surface area contributed by atoms with E-state index >= 15 is 0 Å². The van der Waals surface area contributed by atoms with Crippen LogP contribution in [0.25, 0.3) is 11.3 Å². The highest BCUT2D eigenvalue weighted by molar-refractivity contribution is 9.10. The normalized spacial score (nSPS) is 15.4. The molecule has 4 aromatic rings. The van der Waals surface area contributed by atoms with Crippen molar-refractivity contribution in [1.29, 1.82) is 0 Å². The van der Waals surface area contributed by atoms with E-state index in [1.165, 1.54) is 11.6 Å². The summed E-state index contributed by atoms with van der Waals surface area (Å²) >= 11 is 25.6. The van der Waals surface area contributed by atoms with E-state index in [1.54, 1.807) is 44.9 Å². The molecular formula is C45H57BrCl4F4N5O11P. The molecule has 0 saturated carbocycles. The first-order valence-electron chi connectivity index (χ1n) is 21.4. The Hall–Kier alpha value is -3.76. The van der Waals surface area contributed by atoms with Crippen molar-refractivity contribution < 1.29 is 69.9 Å². The lowest BCUT2D eigenvalue weighted by Crippen LogP contribution is -2.45. The van der Waals surface area contributed by atoms with Gasteiger partial charge in [-0.1, -0.05) is 59.9 Å². The number of carboxylic acids is 1. The van der Waals surface area contributed by atoms with Crippen LogP contribution in [0.3, 0.4) is 0 Å². The summed E-state index contributed by atoms with van der Waals surface area (Å²) in [7, 11) is -2.02. The lowest BCUT2D eigenvalue weighted by molar-refractivity contribution is -0.145. The minimum Gasteiger partial charge on any atom is -0.480 e. The van der Waals surface area contributed by atoms with Crippen LogP contribution in [0.5, 0.6) is 0 Å². The van der Waals surface area contributed by atoms with Gasteiger partial charge in [-0.2, -0.15) is 18.3 Å². The Kier molecular flexibility index (Phi) is 25.0. The summed E-state index contributed by atoms with van der Waals surface area (Å²) in [6.07, 6.45) is -2.98. The molecule has 0 radical (unpaired) electrons. The first-order chi connectivity index (χ1) is 32.8. The predicted octanol–water partition coefficient (Wildman–Crippen LogP) is 10.8. The lowest BCUT2D eigenvalue weighted by Gasteiger charge is -2.29. The van der Waals surface area contributed by atoms with Crippen LogP contribution in [0.1, 0.15) is 87.0 Å². The largest absolute Gasteiger partial charge is 0.480 e. The summed E-state index contributed by atoms with van der Waals surface area (Å²) in [6, 6.07) is 10.4. The van der Waals surface area contributed by atoms with Crippen LogP contribution in [0.2, 0.25) is 5.02 Å². The third kappa shape index (κ3) is 18.9. The van der Waals surface area contributed by atoms with Crippen molar-refractivity contribution in [2.75, 3.05) is 43.5 Å². The van der Waals surface area contributed by atoms with Gasteiger partial charge in [-0.15, -0.1) is 11.6 Å². The second-order valence-electron chi connectivity index (χ2n) is 16.2. The lowest BCUT2D eigenvalue weighted by atomic mass is 10.0. The first-order valence-corrected chi connectivity index (χ1v) is 26.3. The van der Waals surface area contributed by atoms with Gasteiger partial charge >= 0.3 is 18.1 Å². The number of carboxylic acid groups (broad SMARTS) is 1. The number of carbonyl (C=O) groups is 4. The fourth-order valence-electron chi connectivity index (χ4n) is 6.48. The number of aromatic nitrogens is 2. The van der Waals surface area contributed by atoms with Gasteiger partial charge in [-0.25, -0.2) is 9.18 Å². The number of hydrogen-bond acceptors (Lipinski definition) is 11. The minimum absolute atomic E-state index is 0.0371. The summed E-state index contributed by atoms with van der Waals surface area (Å²) < 4.78 is 85.7. The topological polar surface area (TPSA) is 217 Å². The van der Waals surface area contributed by atoms with E-state index in [4.69, 9.17) is 80.8 Å². The molecule has 71 heavy (non-hydrogen) atoms. The fourth-order valence-corrected chi connectivity index (χ4v) is 8.62. The van der Waals surface area contributed by atoms with Crippen LogP contribution in [0.15, 0.2) is 57.6 Å². The van der Waals surface area contributed by atoms with E-state index in [-0.39, 0.29) is 65.0 Å². The van der Waals surface area contributed by atoms with Crippen LogP contribution in [0.4, 0.5) is 23.2 Å². The standard InChI is InChI=1S/C15H12BrClF4N2O2.C14H20ClNO2.C11H13Cl2NO3.C5H12NO4P/c1-6(2)25-14(24)7-4-8(10(18)5-9(7)17)12-11(16)13(15(19,20)21)23(3)22-12;1-4-12-8-6-7-11(3)14(12)16(10-18-5-2)13(17)9-15;1-11(2)14(10(15)9(12)13)6-8(17-11)7-4-3-5-16-7;1-11(9,10)3-2-4(6)5(7)8/h4-6H,1-3H3;6-8H,4-5,9-10H2,1-3H3;3-5,8-9H,6H2,1-2H3;4H,2-3,6H2,1H3,(H,7,8)(H,9,10). The number of alkyl halides is 6. The third-order valence-electron chi connectivity index (χ3n) is 9.86. The van der Waals surface area contributed by atoms with Crippen LogP contribution in [-0.4, -0.2) is 110 Å². The Balaban J connectivity index is 0.000000337. The SMILES string of the molecule is CC(C)OC(=O)c1cc(-c2nn(C)c(C(F)(F)F)c2Br)c(F)cc1Cl.CC1(C)OC(c2ccco2)CN1C(=O)C(Cl)Cl.CCOCN(C(=O)CCl)c1c(C)cccc1CC.CP(=O)(O)CCC(N)C(=O)O. The molecule has 396 valence electrons. The van der Waals surface area contributed by atoms with E-state index in [9.17, 15) is 41.3 Å². The second-order valence-corrected chi connectivity index (χ2v) is 21.4. The Morgan fingerprint density at radius 3 is 2.24 bits per heavy atom. The number of amides is 2. The van der Waals surface area contributed by atoms with Gasteiger partial charge in [-0.05, 0) is 106 Å². The number of esters is 1. The molecule has 2 amide bonds. The molecule has 0 bridgehead atoms. The predicted molar refractivity (Wildman–Crippen MR) is 267 cm³/mol. The number of hydrogen-bond donors (Lipinski definition) is 3. The van der Waals surface area contributed by atoms with Gasteiger partial charge in [0, 0.05) is 32.0 Å². The number of aryl methyl sites for hydroxylation is 3. The molecule has 3 unspecified atom stereocenters. The highest BCUT2D eigenvalue weighted by Crippen LogP contribution is 2.42. The molecule has 3 atom stereocenters. The fraction of sp³-hybridized carbons (Fsp3) is 0.489. The number of nitrogens with two attached hydrogens (primary N) is 1. The second kappa shape index (κ2) is 28.1. The molecular weight excluding hydrogens is 1120 g/mol. The van der Waals surface area contributed by atoms with E-state index in [0.717, 1.165) is 42.4 Å². The van der Waals surface area contributed by atoms with Crippen molar-refractivity contribution in [2.45, 2.75) is 96.3 Å². The summed E-state index contributed by atoms with van der Waals surface area (Å²) in [5.74, 6) is -2.71. The molecule has 26 heteroatoms. The quantitative estimate of drug-likeness (QED) is 0.0332. The van der Waals surface area contributed by atoms with Crippen molar-refractivity contribution in [3.05, 3.63) is 92.2 Å². The number of carbonyl (C=O) groups excluding carboxylic acids is 3. The number of furan rings is 1. The molecule has 2 aromatic carbocycles. The highest BCUT2D eigenvalue weighted by Gasteiger charge is 2.45. The number of aliphatic carboxylic acids is 1. The molecule has 1 aliphatic rings. The smallest absolute Gasteiger partial charge is 0.434 e. The summed E-state index contributed by atoms with van der Waals surface area (Å²) in [5.41, 5.74) is 5.62.